The van der Waals surface area contributed by atoms with Crippen molar-refractivity contribution in [2.75, 3.05) is 13.1 Å². The zero-order valence-electron chi connectivity index (χ0n) is 15.2. The predicted octanol–water partition coefficient (Wildman–Crippen LogP) is 2.52. The van der Waals surface area contributed by atoms with Gasteiger partial charge in [-0.05, 0) is 43.9 Å². The van der Waals surface area contributed by atoms with E-state index in [4.69, 9.17) is 4.74 Å². The number of rotatable bonds is 4. The minimum absolute atomic E-state index is 0.0698. The Balaban J connectivity index is 1.52. The molecule has 2 aliphatic rings. The van der Waals surface area contributed by atoms with E-state index in [1.807, 2.05) is 0 Å². The highest BCUT2D eigenvalue weighted by atomic mass is 16.5. The number of piperidine rings is 1. The third-order valence-corrected chi connectivity index (χ3v) is 5.20. The van der Waals surface area contributed by atoms with Crippen molar-refractivity contribution in [3.8, 4) is 5.75 Å². The van der Waals surface area contributed by atoms with Crippen LogP contribution >= 0.6 is 0 Å². The topological polar surface area (TPSA) is 75.7 Å². The lowest BCUT2D eigenvalue weighted by molar-refractivity contribution is -0.132. The molecule has 26 heavy (non-hydrogen) atoms. The second kappa shape index (κ2) is 8.34. The van der Waals surface area contributed by atoms with E-state index in [1.54, 1.807) is 29.2 Å². The highest BCUT2D eigenvalue weighted by molar-refractivity contribution is 5.94. The molecule has 1 aliphatic heterocycles. The predicted molar refractivity (Wildman–Crippen MR) is 96.8 cm³/mol. The van der Waals surface area contributed by atoms with Gasteiger partial charge in [0.1, 0.15) is 5.75 Å². The van der Waals surface area contributed by atoms with Crippen LogP contribution in [0.5, 0.6) is 5.75 Å². The summed E-state index contributed by atoms with van der Waals surface area (Å²) in [4.78, 5) is 37.8. The molecule has 2 amide bonds. The maximum atomic E-state index is 12.7. The summed E-state index contributed by atoms with van der Waals surface area (Å²) in [6.45, 7) is 2.57. The molecule has 0 atom stereocenters. The van der Waals surface area contributed by atoms with Gasteiger partial charge in [-0.3, -0.25) is 14.4 Å². The zero-order chi connectivity index (χ0) is 18.5. The fraction of sp³-hybridized carbons (Fsp3) is 0.550. The number of carbonyl (C=O) groups excluding carboxylic acids is 3. The third-order valence-electron chi connectivity index (χ3n) is 5.20. The Labute approximate surface area is 153 Å². The summed E-state index contributed by atoms with van der Waals surface area (Å²) in [5.74, 6) is 0.259. The number of hydrogen-bond acceptors (Lipinski definition) is 4. The average molecular weight is 358 g/mol. The first-order valence-electron chi connectivity index (χ1n) is 9.41. The van der Waals surface area contributed by atoms with Crippen LogP contribution in [-0.2, 0) is 9.59 Å². The van der Waals surface area contributed by atoms with Crippen molar-refractivity contribution in [2.45, 2.75) is 51.5 Å². The summed E-state index contributed by atoms with van der Waals surface area (Å²) in [5, 5.41) is 3.16. The first kappa shape index (κ1) is 18.4. The number of esters is 1. The van der Waals surface area contributed by atoms with Crippen LogP contribution in [0.4, 0.5) is 0 Å². The molecule has 0 spiro atoms. The van der Waals surface area contributed by atoms with E-state index in [0.29, 0.717) is 24.4 Å². The van der Waals surface area contributed by atoms with Gasteiger partial charge < -0.3 is 15.0 Å². The molecule has 0 aromatic heterocycles. The molecule has 140 valence electrons. The standard InChI is InChI=1S/C20H26N2O4/c1-14(23)26-18-8-4-7-16(13-18)20(25)22-11-9-17(10-12-22)21-19(24)15-5-2-3-6-15/h4,7-8,13,15,17H,2-3,5-6,9-12H2,1H3,(H,21,24). The highest BCUT2D eigenvalue weighted by Gasteiger charge is 2.28. The van der Waals surface area contributed by atoms with Crippen LogP contribution in [0.1, 0.15) is 55.8 Å². The Hall–Kier alpha value is -2.37. The molecule has 3 rings (SSSR count). The fourth-order valence-corrected chi connectivity index (χ4v) is 3.78. The van der Waals surface area contributed by atoms with Crippen LogP contribution in [0.15, 0.2) is 24.3 Å². The van der Waals surface area contributed by atoms with Gasteiger partial charge in [0, 0.05) is 37.5 Å². The second-order valence-corrected chi connectivity index (χ2v) is 7.18. The van der Waals surface area contributed by atoms with Crippen LogP contribution in [-0.4, -0.2) is 41.8 Å². The highest BCUT2D eigenvalue weighted by Crippen LogP contribution is 2.25. The van der Waals surface area contributed by atoms with Gasteiger partial charge in [0.2, 0.25) is 5.91 Å². The van der Waals surface area contributed by atoms with Gasteiger partial charge in [-0.15, -0.1) is 0 Å². The molecule has 0 bridgehead atoms. The SMILES string of the molecule is CC(=O)Oc1cccc(C(=O)N2CCC(NC(=O)C3CCCC3)CC2)c1. The number of benzene rings is 1. The Morgan fingerprint density at radius 1 is 1.08 bits per heavy atom. The van der Waals surface area contributed by atoms with Gasteiger partial charge in [-0.25, -0.2) is 0 Å². The van der Waals surface area contributed by atoms with E-state index in [2.05, 4.69) is 5.32 Å². The van der Waals surface area contributed by atoms with Gasteiger partial charge in [-0.2, -0.15) is 0 Å². The van der Waals surface area contributed by atoms with Crippen molar-refractivity contribution in [1.82, 2.24) is 10.2 Å². The van der Waals surface area contributed by atoms with Crippen LogP contribution in [0.25, 0.3) is 0 Å². The first-order chi connectivity index (χ1) is 12.5. The summed E-state index contributed by atoms with van der Waals surface area (Å²) >= 11 is 0. The lowest BCUT2D eigenvalue weighted by atomic mass is 10.0. The fourth-order valence-electron chi connectivity index (χ4n) is 3.78. The van der Waals surface area contributed by atoms with Gasteiger partial charge in [-0.1, -0.05) is 18.9 Å². The summed E-state index contributed by atoms with van der Waals surface area (Å²) in [5.41, 5.74) is 0.511. The Kier molecular flexibility index (Phi) is 5.91. The van der Waals surface area contributed by atoms with E-state index >= 15 is 0 Å². The number of amides is 2. The molecule has 1 aromatic carbocycles. The zero-order valence-corrected chi connectivity index (χ0v) is 15.2. The average Bonchev–Trinajstić information content (AvgIpc) is 3.16. The third kappa shape index (κ3) is 4.62. The number of likely N-dealkylation sites (tertiary alicyclic amines) is 1. The molecular weight excluding hydrogens is 332 g/mol. The second-order valence-electron chi connectivity index (χ2n) is 7.18. The van der Waals surface area contributed by atoms with Gasteiger partial charge in [0.05, 0.1) is 0 Å². The van der Waals surface area contributed by atoms with Gasteiger partial charge in [0.15, 0.2) is 0 Å². The molecular formula is C20H26N2O4. The number of nitrogens with one attached hydrogen (secondary N) is 1. The molecule has 6 nitrogen and oxygen atoms in total. The molecule has 0 unspecified atom stereocenters. The van der Waals surface area contributed by atoms with Crippen LogP contribution in [0.2, 0.25) is 0 Å². The molecule has 2 fully saturated rings. The maximum Gasteiger partial charge on any atom is 0.308 e. The van der Waals surface area contributed by atoms with Crippen molar-refractivity contribution in [3.63, 3.8) is 0 Å². The lowest BCUT2D eigenvalue weighted by Gasteiger charge is -2.33. The van der Waals surface area contributed by atoms with Crippen molar-refractivity contribution < 1.29 is 19.1 Å². The molecule has 0 radical (unpaired) electrons. The summed E-state index contributed by atoms with van der Waals surface area (Å²) in [6, 6.07) is 6.84. The van der Waals surface area contributed by atoms with Crippen molar-refractivity contribution >= 4 is 17.8 Å². The summed E-state index contributed by atoms with van der Waals surface area (Å²) in [6.07, 6.45) is 5.85. The Morgan fingerprint density at radius 3 is 2.42 bits per heavy atom. The largest absolute Gasteiger partial charge is 0.427 e. The number of carbonyl (C=O) groups is 3. The molecule has 6 heteroatoms. The van der Waals surface area contributed by atoms with E-state index in [-0.39, 0.29) is 23.8 Å². The van der Waals surface area contributed by atoms with Crippen molar-refractivity contribution in [2.24, 2.45) is 5.92 Å². The molecule has 1 heterocycles. The molecule has 1 N–H and O–H groups in total. The van der Waals surface area contributed by atoms with Gasteiger partial charge in [0.25, 0.3) is 5.91 Å². The Morgan fingerprint density at radius 2 is 1.77 bits per heavy atom. The molecule has 1 aliphatic carbocycles. The van der Waals surface area contributed by atoms with Gasteiger partial charge >= 0.3 is 5.97 Å². The minimum Gasteiger partial charge on any atom is -0.427 e. The van der Waals surface area contributed by atoms with Crippen LogP contribution < -0.4 is 10.1 Å². The first-order valence-corrected chi connectivity index (χ1v) is 9.41. The minimum atomic E-state index is -0.409. The number of hydrogen-bond donors (Lipinski definition) is 1. The van der Waals surface area contributed by atoms with E-state index in [0.717, 1.165) is 38.5 Å². The van der Waals surface area contributed by atoms with Crippen molar-refractivity contribution in [1.29, 1.82) is 0 Å². The Bertz CT molecular complexity index is 674. The summed E-state index contributed by atoms with van der Waals surface area (Å²) in [7, 11) is 0. The van der Waals surface area contributed by atoms with E-state index in [1.165, 1.54) is 6.92 Å². The summed E-state index contributed by atoms with van der Waals surface area (Å²) < 4.78 is 5.04. The quantitative estimate of drug-likeness (QED) is 0.663. The normalized spacial score (nSPS) is 18.6. The van der Waals surface area contributed by atoms with Crippen molar-refractivity contribution in [3.05, 3.63) is 29.8 Å². The molecule has 1 saturated heterocycles. The number of nitrogens with zero attached hydrogens (tertiary/aromatic N) is 1. The maximum absolute atomic E-state index is 12.7. The molecule has 1 aromatic rings. The van der Waals surface area contributed by atoms with Crippen LogP contribution in [0.3, 0.4) is 0 Å². The monoisotopic (exact) mass is 358 g/mol. The van der Waals surface area contributed by atoms with Crippen LogP contribution in [0, 0.1) is 5.92 Å². The van der Waals surface area contributed by atoms with E-state index < -0.39 is 5.97 Å². The molecule has 1 saturated carbocycles. The smallest absolute Gasteiger partial charge is 0.308 e. The van der Waals surface area contributed by atoms with E-state index in [9.17, 15) is 14.4 Å². The lowest BCUT2D eigenvalue weighted by Crippen LogP contribution is -2.47. The number of ether oxygens (including phenoxy) is 1.